The molecule has 1 heterocycles. The van der Waals surface area contributed by atoms with E-state index in [9.17, 15) is 4.79 Å². The minimum Gasteiger partial charge on any atom is -0.347 e. The number of nitrogens with one attached hydrogen (secondary N) is 2. The summed E-state index contributed by atoms with van der Waals surface area (Å²) in [5.41, 5.74) is 1.02. The molecule has 0 saturated heterocycles. The normalized spacial score (nSPS) is 11.0. The first-order valence-electron chi connectivity index (χ1n) is 6.51. The molecule has 0 saturated carbocycles. The fourth-order valence-corrected chi connectivity index (χ4v) is 2.02. The van der Waals surface area contributed by atoms with Gasteiger partial charge < -0.3 is 10.6 Å². The number of hydrogen-bond donors (Lipinski definition) is 2. The molecule has 1 aromatic carbocycles. The Balaban J connectivity index is 2.07. The molecule has 0 atom stereocenters. The molecule has 110 valence electrons. The van der Waals surface area contributed by atoms with Crippen molar-refractivity contribution in [3.8, 4) is 0 Å². The Labute approximate surface area is 132 Å². The average Bonchev–Trinajstić information content (AvgIpc) is 2.37. The van der Waals surface area contributed by atoms with Crippen LogP contribution in [0.5, 0.6) is 0 Å². The Kier molecular flexibility index (Phi) is 4.57. The van der Waals surface area contributed by atoms with E-state index in [2.05, 4.69) is 36.5 Å². The lowest BCUT2D eigenvalue weighted by Crippen LogP contribution is -2.40. The van der Waals surface area contributed by atoms with E-state index in [-0.39, 0.29) is 11.4 Å². The fourth-order valence-electron chi connectivity index (χ4n) is 1.62. The molecule has 1 aromatic heterocycles. The molecule has 5 nitrogen and oxygen atoms in total. The van der Waals surface area contributed by atoms with E-state index in [1.54, 1.807) is 0 Å². The van der Waals surface area contributed by atoms with Crippen LogP contribution in [0.15, 0.2) is 41.1 Å². The van der Waals surface area contributed by atoms with Crippen molar-refractivity contribution in [2.75, 3.05) is 5.32 Å². The molecule has 6 heteroatoms. The third kappa shape index (κ3) is 4.82. The molecular weight excluding hydrogens is 332 g/mol. The average molecular weight is 349 g/mol. The SMILES string of the molecule is CC(C)(C)NC(=O)c1cnc(Nc2cccc(Br)c2)nc1. The minimum absolute atomic E-state index is 0.184. The molecule has 0 aliphatic heterocycles. The van der Waals surface area contributed by atoms with Crippen molar-refractivity contribution in [2.45, 2.75) is 26.3 Å². The highest BCUT2D eigenvalue weighted by molar-refractivity contribution is 9.10. The molecule has 0 spiro atoms. The number of carbonyl (C=O) groups excluding carboxylic acids is 1. The second-order valence-corrected chi connectivity index (χ2v) is 6.55. The molecule has 0 unspecified atom stereocenters. The Bertz CT molecular complexity index is 635. The summed E-state index contributed by atoms with van der Waals surface area (Å²) in [7, 11) is 0. The van der Waals surface area contributed by atoms with E-state index in [0.29, 0.717) is 11.5 Å². The topological polar surface area (TPSA) is 66.9 Å². The first-order chi connectivity index (χ1) is 9.83. The number of halogens is 1. The van der Waals surface area contributed by atoms with Crippen LogP contribution in [0.4, 0.5) is 11.6 Å². The van der Waals surface area contributed by atoms with E-state index >= 15 is 0 Å². The van der Waals surface area contributed by atoms with Crippen molar-refractivity contribution in [2.24, 2.45) is 0 Å². The Hall–Kier alpha value is -1.95. The number of nitrogens with zero attached hydrogens (tertiary/aromatic N) is 2. The molecule has 0 aliphatic rings. The summed E-state index contributed by atoms with van der Waals surface area (Å²) in [6.07, 6.45) is 3.02. The first kappa shape index (κ1) is 15.4. The smallest absolute Gasteiger partial charge is 0.254 e. The van der Waals surface area contributed by atoms with E-state index in [1.165, 1.54) is 12.4 Å². The first-order valence-corrected chi connectivity index (χ1v) is 7.30. The van der Waals surface area contributed by atoms with Crippen LogP contribution in [0, 0.1) is 0 Å². The van der Waals surface area contributed by atoms with Crippen molar-refractivity contribution >= 4 is 33.5 Å². The molecule has 0 aliphatic carbocycles. The number of hydrogen-bond acceptors (Lipinski definition) is 4. The van der Waals surface area contributed by atoms with Crippen LogP contribution in [-0.4, -0.2) is 21.4 Å². The largest absolute Gasteiger partial charge is 0.347 e. The zero-order chi connectivity index (χ0) is 15.5. The number of aromatic nitrogens is 2. The van der Waals surface area contributed by atoms with Gasteiger partial charge in [0.2, 0.25) is 5.95 Å². The van der Waals surface area contributed by atoms with Crippen molar-refractivity contribution in [3.05, 3.63) is 46.7 Å². The zero-order valence-electron chi connectivity index (χ0n) is 12.1. The molecule has 21 heavy (non-hydrogen) atoms. The maximum Gasteiger partial charge on any atom is 0.254 e. The van der Waals surface area contributed by atoms with Gasteiger partial charge in [-0.25, -0.2) is 9.97 Å². The van der Waals surface area contributed by atoms with Crippen molar-refractivity contribution < 1.29 is 4.79 Å². The highest BCUT2D eigenvalue weighted by atomic mass is 79.9. The second-order valence-electron chi connectivity index (χ2n) is 5.63. The van der Waals surface area contributed by atoms with Crippen LogP contribution in [0.25, 0.3) is 0 Å². The van der Waals surface area contributed by atoms with Crippen LogP contribution >= 0.6 is 15.9 Å². The van der Waals surface area contributed by atoms with Crippen LogP contribution in [0.1, 0.15) is 31.1 Å². The summed E-state index contributed by atoms with van der Waals surface area (Å²) in [4.78, 5) is 20.3. The Morgan fingerprint density at radius 2 is 1.86 bits per heavy atom. The van der Waals surface area contributed by atoms with Gasteiger partial charge in [0, 0.05) is 28.1 Å². The summed E-state index contributed by atoms with van der Waals surface area (Å²) in [5, 5.41) is 5.94. The molecule has 1 amide bonds. The standard InChI is InChI=1S/C15H17BrN4O/c1-15(2,3)20-13(21)10-8-17-14(18-9-10)19-12-6-4-5-11(16)7-12/h4-9H,1-3H3,(H,20,21)(H,17,18,19). The lowest BCUT2D eigenvalue weighted by atomic mass is 10.1. The van der Waals surface area contributed by atoms with Crippen LogP contribution < -0.4 is 10.6 Å². The summed E-state index contributed by atoms with van der Waals surface area (Å²) in [6.45, 7) is 5.78. The molecule has 2 rings (SSSR count). The number of benzene rings is 1. The lowest BCUT2D eigenvalue weighted by molar-refractivity contribution is 0.0919. The quantitative estimate of drug-likeness (QED) is 0.890. The molecule has 0 radical (unpaired) electrons. The Morgan fingerprint density at radius 1 is 1.19 bits per heavy atom. The van der Waals surface area contributed by atoms with Gasteiger partial charge in [-0.3, -0.25) is 4.79 Å². The number of amides is 1. The molecule has 0 fully saturated rings. The van der Waals surface area contributed by atoms with Gasteiger partial charge in [-0.1, -0.05) is 22.0 Å². The highest BCUT2D eigenvalue weighted by Gasteiger charge is 2.15. The third-order valence-electron chi connectivity index (χ3n) is 2.48. The lowest BCUT2D eigenvalue weighted by Gasteiger charge is -2.20. The summed E-state index contributed by atoms with van der Waals surface area (Å²) >= 11 is 3.40. The van der Waals surface area contributed by atoms with Gasteiger partial charge in [0.1, 0.15) is 0 Å². The summed E-state index contributed by atoms with van der Waals surface area (Å²) in [6, 6.07) is 7.68. The highest BCUT2D eigenvalue weighted by Crippen LogP contribution is 2.18. The summed E-state index contributed by atoms with van der Waals surface area (Å²) < 4.78 is 0.966. The van der Waals surface area contributed by atoms with Gasteiger partial charge in [0.25, 0.3) is 5.91 Å². The predicted molar refractivity (Wildman–Crippen MR) is 86.7 cm³/mol. The number of anilines is 2. The second kappa shape index (κ2) is 6.22. The molecule has 2 N–H and O–H groups in total. The number of carbonyl (C=O) groups is 1. The van der Waals surface area contributed by atoms with E-state index in [1.807, 2.05) is 45.0 Å². The fraction of sp³-hybridized carbons (Fsp3) is 0.267. The van der Waals surface area contributed by atoms with Gasteiger partial charge in [0.05, 0.1) is 5.56 Å². The maximum absolute atomic E-state index is 12.0. The minimum atomic E-state index is -0.287. The van der Waals surface area contributed by atoms with Crippen molar-refractivity contribution in [3.63, 3.8) is 0 Å². The van der Waals surface area contributed by atoms with Crippen LogP contribution in [-0.2, 0) is 0 Å². The van der Waals surface area contributed by atoms with Crippen molar-refractivity contribution in [1.29, 1.82) is 0 Å². The van der Waals surface area contributed by atoms with Gasteiger partial charge in [-0.2, -0.15) is 0 Å². The van der Waals surface area contributed by atoms with Gasteiger partial charge in [-0.05, 0) is 39.0 Å². The molecular formula is C15H17BrN4O. The number of rotatable bonds is 3. The third-order valence-corrected chi connectivity index (χ3v) is 2.98. The summed E-state index contributed by atoms with van der Waals surface area (Å²) in [5.74, 6) is 0.261. The molecule has 0 bridgehead atoms. The van der Waals surface area contributed by atoms with E-state index in [4.69, 9.17) is 0 Å². The van der Waals surface area contributed by atoms with E-state index in [0.717, 1.165) is 10.2 Å². The van der Waals surface area contributed by atoms with Gasteiger partial charge >= 0.3 is 0 Å². The van der Waals surface area contributed by atoms with Crippen molar-refractivity contribution in [1.82, 2.24) is 15.3 Å². The Morgan fingerprint density at radius 3 is 2.43 bits per heavy atom. The monoisotopic (exact) mass is 348 g/mol. The zero-order valence-corrected chi connectivity index (χ0v) is 13.7. The van der Waals surface area contributed by atoms with Gasteiger partial charge in [-0.15, -0.1) is 0 Å². The maximum atomic E-state index is 12.0. The predicted octanol–water partition coefficient (Wildman–Crippen LogP) is 3.51. The van der Waals surface area contributed by atoms with Gasteiger partial charge in [0.15, 0.2) is 0 Å². The van der Waals surface area contributed by atoms with E-state index < -0.39 is 0 Å². The molecule has 2 aromatic rings. The van der Waals surface area contributed by atoms with Crippen LogP contribution in [0.3, 0.4) is 0 Å². The van der Waals surface area contributed by atoms with Crippen LogP contribution in [0.2, 0.25) is 0 Å².